The van der Waals surface area contributed by atoms with Gasteiger partial charge in [0, 0.05) is 12.1 Å². The molecule has 0 heterocycles. The summed E-state index contributed by atoms with van der Waals surface area (Å²) in [4.78, 5) is 0. The maximum atomic E-state index is 12.2. The van der Waals surface area contributed by atoms with E-state index in [1.54, 1.807) is 0 Å². The minimum Gasteiger partial charge on any atom is -0.369 e. The molecule has 4 atom stereocenters. The van der Waals surface area contributed by atoms with Crippen molar-refractivity contribution in [3.63, 3.8) is 0 Å². The van der Waals surface area contributed by atoms with Crippen LogP contribution in [0.25, 0.3) is 0 Å². The van der Waals surface area contributed by atoms with Crippen LogP contribution in [-0.2, 0) is 4.74 Å². The van der Waals surface area contributed by atoms with E-state index in [0.29, 0.717) is 24.9 Å². The summed E-state index contributed by atoms with van der Waals surface area (Å²) in [6.07, 6.45) is 2.38. The Morgan fingerprint density at radius 2 is 1.85 bits per heavy atom. The minimum atomic E-state index is -4.23. The highest BCUT2D eigenvalue weighted by Crippen LogP contribution is 2.29. The Bertz CT molecular complexity index is 299. The molecule has 0 bridgehead atoms. The lowest BCUT2D eigenvalue weighted by Gasteiger charge is -2.33. The fraction of sp³-hybridized carbons (Fsp3) is 1.00. The monoisotopic (exact) mass is 294 g/mol. The van der Waals surface area contributed by atoms with Crippen molar-refractivity contribution >= 4 is 0 Å². The van der Waals surface area contributed by atoms with Crippen molar-refractivity contribution < 1.29 is 17.9 Å². The fourth-order valence-corrected chi connectivity index (χ4v) is 3.50. The van der Waals surface area contributed by atoms with Crippen molar-refractivity contribution in [2.24, 2.45) is 11.7 Å². The van der Waals surface area contributed by atoms with Gasteiger partial charge in [-0.3, -0.25) is 0 Å². The zero-order chi connectivity index (χ0) is 14.6. The third-order valence-electron chi connectivity index (χ3n) is 4.52. The van der Waals surface area contributed by atoms with Crippen molar-refractivity contribution in [3.05, 3.63) is 0 Å². The molecule has 2 saturated carbocycles. The first-order valence-electron chi connectivity index (χ1n) is 7.62. The molecule has 20 heavy (non-hydrogen) atoms. The van der Waals surface area contributed by atoms with E-state index in [1.165, 1.54) is 6.42 Å². The van der Waals surface area contributed by atoms with Gasteiger partial charge in [0.05, 0.1) is 6.10 Å². The van der Waals surface area contributed by atoms with E-state index in [4.69, 9.17) is 10.5 Å². The van der Waals surface area contributed by atoms with E-state index in [9.17, 15) is 13.2 Å². The molecule has 3 N–H and O–H groups in total. The molecule has 2 aliphatic rings. The van der Waals surface area contributed by atoms with Gasteiger partial charge in [0.2, 0.25) is 0 Å². The Hall–Kier alpha value is -0.330. The van der Waals surface area contributed by atoms with Gasteiger partial charge in [-0.15, -0.1) is 0 Å². The maximum Gasteiger partial charge on any atom is 0.411 e. The van der Waals surface area contributed by atoms with Crippen molar-refractivity contribution in [1.82, 2.24) is 5.32 Å². The molecule has 2 fully saturated rings. The summed E-state index contributed by atoms with van der Waals surface area (Å²) in [6.45, 7) is -0.433. The second-order valence-electron chi connectivity index (χ2n) is 6.11. The van der Waals surface area contributed by atoms with Crippen molar-refractivity contribution in [2.45, 2.75) is 69.3 Å². The number of nitrogens with two attached hydrogens (primary N) is 1. The lowest BCUT2D eigenvalue weighted by molar-refractivity contribution is -0.188. The summed E-state index contributed by atoms with van der Waals surface area (Å²) in [5, 5.41) is 3.60. The topological polar surface area (TPSA) is 47.3 Å². The second kappa shape index (κ2) is 7.09. The molecule has 118 valence electrons. The number of halogens is 3. The number of nitrogens with one attached hydrogen (secondary N) is 1. The Kier molecular flexibility index (Phi) is 5.69. The molecule has 0 radical (unpaired) electrons. The molecular weight excluding hydrogens is 269 g/mol. The molecule has 0 aliphatic heterocycles. The summed E-state index contributed by atoms with van der Waals surface area (Å²) in [6, 6.07) is 0.713. The molecule has 2 aliphatic carbocycles. The van der Waals surface area contributed by atoms with Crippen LogP contribution in [-0.4, -0.2) is 37.5 Å². The van der Waals surface area contributed by atoms with Crippen LogP contribution in [0.2, 0.25) is 0 Å². The van der Waals surface area contributed by atoms with Crippen molar-refractivity contribution in [1.29, 1.82) is 0 Å². The highest BCUT2D eigenvalue weighted by atomic mass is 19.4. The summed E-state index contributed by atoms with van der Waals surface area (Å²) in [5.41, 5.74) is 5.76. The summed E-state index contributed by atoms with van der Waals surface area (Å²) >= 11 is 0. The molecule has 0 spiro atoms. The average molecular weight is 294 g/mol. The molecule has 2 rings (SSSR count). The van der Waals surface area contributed by atoms with Crippen LogP contribution in [0.3, 0.4) is 0 Å². The number of ether oxygens (including phenoxy) is 1. The van der Waals surface area contributed by atoms with E-state index in [2.05, 4.69) is 5.32 Å². The second-order valence-corrected chi connectivity index (χ2v) is 6.11. The smallest absolute Gasteiger partial charge is 0.369 e. The van der Waals surface area contributed by atoms with Gasteiger partial charge in [-0.2, -0.15) is 13.2 Å². The molecule has 3 nitrogen and oxygen atoms in total. The first-order chi connectivity index (χ1) is 9.48. The molecule has 6 heteroatoms. The number of hydrogen-bond acceptors (Lipinski definition) is 3. The minimum absolute atomic E-state index is 0.263. The SMILES string of the molecule is NCC1CCCC1NC1CCCC(OCC(F)(F)F)C1. The van der Waals surface area contributed by atoms with Gasteiger partial charge in [-0.1, -0.05) is 6.42 Å². The maximum absolute atomic E-state index is 12.2. The quantitative estimate of drug-likeness (QED) is 0.819. The van der Waals surface area contributed by atoms with Crippen LogP contribution in [0.1, 0.15) is 44.9 Å². The van der Waals surface area contributed by atoms with Crippen molar-refractivity contribution in [3.8, 4) is 0 Å². The van der Waals surface area contributed by atoms with Crippen LogP contribution in [0.4, 0.5) is 13.2 Å². The summed E-state index contributed by atoms with van der Waals surface area (Å²) in [7, 11) is 0. The molecule has 0 aromatic rings. The molecule has 0 amide bonds. The van der Waals surface area contributed by atoms with Crippen LogP contribution in [0, 0.1) is 5.92 Å². The van der Waals surface area contributed by atoms with Gasteiger partial charge < -0.3 is 15.8 Å². The summed E-state index contributed by atoms with van der Waals surface area (Å²) in [5.74, 6) is 0.520. The predicted molar refractivity (Wildman–Crippen MR) is 71.4 cm³/mol. The van der Waals surface area contributed by atoms with E-state index < -0.39 is 12.8 Å². The van der Waals surface area contributed by atoms with Gasteiger partial charge >= 0.3 is 6.18 Å². The fourth-order valence-electron chi connectivity index (χ4n) is 3.50. The van der Waals surface area contributed by atoms with E-state index >= 15 is 0 Å². The molecule has 0 aromatic heterocycles. The zero-order valence-corrected chi connectivity index (χ0v) is 11.8. The molecule has 0 saturated heterocycles. The van der Waals surface area contributed by atoms with Crippen LogP contribution in [0.5, 0.6) is 0 Å². The number of rotatable bonds is 5. The first-order valence-corrected chi connectivity index (χ1v) is 7.62. The normalized spacial score (nSPS) is 35.4. The Morgan fingerprint density at radius 1 is 1.10 bits per heavy atom. The molecule has 0 aromatic carbocycles. The third-order valence-corrected chi connectivity index (χ3v) is 4.52. The van der Waals surface area contributed by atoms with Crippen molar-refractivity contribution in [2.75, 3.05) is 13.2 Å². The predicted octanol–water partition coefficient (Wildman–Crippen LogP) is 2.59. The van der Waals surface area contributed by atoms with Gasteiger partial charge in [0.25, 0.3) is 0 Å². The highest BCUT2D eigenvalue weighted by molar-refractivity contribution is 4.88. The van der Waals surface area contributed by atoms with E-state index in [-0.39, 0.29) is 12.1 Å². The number of alkyl halides is 3. The molecular formula is C14H25F3N2O. The highest BCUT2D eigenvalue weighted by Gasteiger charge is 2.33. The molecule has 4 unspecified atom stereocenters. The van der Waals surface area contributed by atoms with Crippen LogP contribution < -0.4 is 11.1 Å². The van der Waals surface area contributed by atoms with Crippen LogP contribution in [0.15, 0.2) is 0 Å². The lowest BCUT2D eigenvalue weighted by Crippen LogP contribution is -2.45. The third kappa shape index (κ3) is 4.90. The van der Waals surface area contributed by atoms with Gasteiger partial charge in [0.15, 0.2) is 0 Å². The average Bonchev–Trinajstić information content (AvgIpc) is 2.83. The largest absolute Gasteiger partial charge is 0.411 e. The van der Waals surface area contributed by atoms with E-state index in [1.807, 2.05) is 0 Å². The van der Waals surface area contributed by atoms with Gasteiger partial charge in [-0.25, -0.2) is 0 Å². The Morgan fingerprint density at radius 3 is 2.55 bits per heavy atom. The lowest BCUT2D eigenvalue weighted by atomic mass is 9.91. The first kappa shape index (κ1) is 16.0. The Labute approximate surface area is 118 Å². The van der Waals surface area contributed by atoms with E-state index in [0.717, 1.165) is 32.1 Å². The zero-order valence-electron chi connectivity index (χ0n) is 11.8. The van der Waals surface area contributed by atoms with Gasteiger partial charge in [-0.05, 0) is 51.0 Å². The summed E-state index contributed by atoms with van der Waals surface area (Å²) < 4.78 is 41.5. The van der Waals surface area contributed by atoms with Gasteiger partial charge in [0.1, 0.15) is 6.61 Å². The Balaban J connectivity index is 1.75. The van der Waals surface area contributed by atoms with Crippen LogP contribution >= 0.6 is 0 Å². The number of hydrogen-bond donors (Lipinski definition) is 2. The standard InChI is InChI=1S/C14H25F3N2O/c15-14(16,17)9-20-12-5-2-4-11(7-12)19-13-6-1-3-10(13)8-18/h10-13,19H,1-9,18H2.